The molecule has 9 heteroatoms. The van der Waals surface area contributed by atoms with E-state index in [0.717, 1.165) is 32.5 Å². The third-order valence-corrected chi connectivity index (χ3v) is 5.92. The van der Waals surface area contributed by atoms with Crippen molar-refractivity contribution in [1.82, 2.24) is 19.4 Å². The van der Waals surface area contributed by atoms with Crippen LogP contribution in [0.4, 0.5) is 15.3 Å². The number of piperidine rings is 1. The molecule has 1 saturated heterocycles. The van der Waals surface area contributed by atoms with Crippen LogP contribution in [0.25, 0.3) is 11.3 Å². The van der Waals surface area contributed by atoms with Gasteiger partial charge >= 0.3 is 12.1 Å². The number of urea groups is 1. The van der Waals surface area contributed by atoms with Crippen molar-refractivity contribution in [3.63, 3.8) is 0 Å². The number of hydrogen-bond donors (Lipinski definition) is 2. The summed E-state index contributed by atoms with van der Waals surface area (Å²) in [6.07, 6.45) is 5.06. The van der Waals surface area contributed by atoms with Crippen molar-refractivity contribution in [2.75, 3.05) is 25.5 Å². The van der Waals surface area contributed by atoms with E-state index in [9.17, 15) is 9.59 Å². The molecule has 1 aliphatic rings. The zero-order valence-electron chi connectivity index (χ0n) is 18.6. The minimum atomic E-state index is -0.647. The molecule has 174 valence electrons. The van der Waals surface area contributed by atoms with Gasteiger partial charge in [0.2, 0.25) is 0 Å². The quantitative estimate of drug-likeness (QED) is 0.590. The van der Waals surface area contributed by atoms with Gasteiger partial charge in [0.25, 0.3) is 0 Å². The number of hydrogen-bond acceptors (Lipinski definition) is 4. The van der Waals surface area contributed by atoms with Crippen LogP contribution < -0.4 is 11.1 Å². The highest BCUT2D eigenvalue weighted by atomic mass is 35.5. The van der Waals surface area contributed by atoms with Gasteiger partial charge < -0.3 is 16.0 Å². The number of carbonyl (C=O) groups is 2. The van der Waals surface area contributed by atoms with Crippen molar-refractivity contribution in [2.45, 2.75) is 25.4 Å². The lowest BCUT2D eigenvalue weighted by atomic mass is 10.0. The van der Waals surface area contributed by atoms with E-state index in [1.807, 2.05) is 25.2 Å². The minimum absolute atomic E-state index is 0. The number of primary amides is 1. The largest absolute Gasteiger partial charge is 0.351 e. The molecule has 3 amide bonds. The summed E-state index contributed by atoms with van der Waals surface area (Å²) in [5, 5.41) is 2.60. The number of halogens is 1. The first-order chi connectivity index (χ1) is 15.5. The van der Waals surface area contributed by atoms with Gasteiger partial charge in [0.05, 0.1) is 11.4 Å². The van der Waals surface area contributed by atoms with Crippen LogP contribution in [-0.2, 0) is 6.54 Å². The van der Waals surface area contributed by atoms with Crippen LogP contribution in [-0.4, -0.2) is 57.6 Å². The summed E-state index contributed by atoms with van der Waals surface area (Å²) in [6, 6.07) is 17.1. The first kappa shape index (κ1) is 24.3. The Balaban J connectivity index is 0.00000306. The van der Waals surface area contributed by atoms with Crippen LogP contribution in [0, 0.1) is 0 Å². The second-order valence-electron chi connectivity index (χ2n) is 8.09. The van der Waals surface area contributed by atoms with Crippen LogP contribution >= 0.6 is 12.4 Å². The number of nitrogens with zero attached hydrogens (tertiary/aromatic N) is 4. The lowest BCUT2D eigenvalue weighted by Gasteiger charge is -2.36. The van der Waals surface area contributed by atoms with Crippen molar-refractivity contribution in [2.24, 2.45) is 5.73 Å². The van der Waals surface area contributed by atoms with Gasteiger partial charge in [-0.2, -0.15) is 0 Å². The Morgan fingerprint density at radius 2 is 1.76 bits per heavy atom. The second-order valence-corrected chi connectivity index (χ2v) is 8.09. The molecule has 8 nitrogen and oxygen atoms in total. The fourth-order valence-corrected chi connectivity index (χ4v) is 4.16. The maximum absolute atomic E-state index is 13.1. The summed E-state index contributed by atoms with van der Waals surface area (Å²) in [6.45, 7) is 2.85. The molecule has 1 aliphatic heterocycles. The highest BCUT2D eigenvalue weighted by Gasteiger charge is 2.26. The van der Waals surface area contributed by atoms with Crippen LogP contribution in [0.2, 0.25) is 0 Å². The van der Waals surface area contributed by atoms with Crippen molar-refractivity contribution in [1.29, 1.82) is 0 Å². The lowest BCUT2D eigenvalue weighted by Crippen LogP contribution is -2.46. The monoisotopic (exact) mass is 468 g/mol. The molecular weight excluding hydrogens is 440 g/mol. The average molecular weight is 469 g/mol. The van der Waals surface area contributed by atoms with Crippen LogP contribution in [0.1, 0.15) is 18.4 Å². The Hall–Kier alpha value is -3.36. The number of nitrogens with one attached hydrogen (secondary N) is 1. The number of anilines is 1. The Morgan fingerprint density at radius 1 is 1.09 bits per heavy atom. The molecular formula is C24H29ClN6O2. The number of nitrogens with two attached hydrogens (primary N) is 1. The van der Waals surface area contributed by atoms with E-state index in [1.54, 1.807) is 23.2 Å². The Kier molecular flexibility index (Phi) is 8.08. The van der Waals surface area contributed by atoms with E-state index in [2.05, 4.69) is 39.5 Å². The molecule has 4 rings (SSSR count). The van der Waals surface area contributed by atoms with Crippen LogP contribution in [0.3, 0.4) is 0 Å². The summed E-state index contributed by atoms with van der Waals surface area (Å²) in [5.74, 6) is 0. The van der Waals surface area contributed by atoms with E-state index >= 15 is 0 Å². The summed E-state index contributed by atoms with van der Waals surface area (Å²) in [7, 11) is 1.85. The molecule has 1 fully saturated rings. The van der Waals surface area contributed by atoms with Crippen molar-refractivity contribution >= 4 is 30.2 Å². The molecule has 0 saturated carbocycles. The van der Waals surface area contributed by atoms with Gasteiger partial charge in [-0.3, -0.25) is 9.47 Å². The molecule has 2 aromatic carbocycles. The van der Waals surface area contributed by atoms with E-state index in [0.29, 0.717) is 16.9 Å². The lowest BCUT2D eigenvalue weighted by molar-refractivity contribution is 0.132. The molecule has 0 bridgehead atoms. The SMILES string of the molecule is CN(C(=O)n1cnc(-c2ccccc2NC(N)=O)c1)C1CCN(Cc2ccccc2)CC1.Cl. The van der Waals surface area contributed by atoms with Crippen molar-refractivity contribution < 1.29 is 9.59 Å². The summed E-state index contributed by atoms with van der Waals surface area (Å²) in [4.78, 5) is 33.0. The van der Waals surface area contributed by atoms with Gasteiger partial charge in [-0.15, -0.1) is 12.4 Å². The Labute approximate surface area is 199 Å². The highest BCUT2D eigenvalue weighted by Crippen LogP contribution is 2.26. The zero-order valence-corrected chi connectivity index (χ0v) is 19.4. The van der Waals surface area contributed by atoms with E-state index in [-0.39, 0.29) is 24.5 Å². The molecule has 0 atom stereocenters. The fourth-order valence-electron chi connectivity index (χ4n) is 4.16. The molecule has 3 N–H and O–H groups in total. The normalized spacial score (nSPS) is 14.3. The summed E-state index contributed by atoms with van der Waals surface area (Å²) in [5.41, 5.74) is 8.42. The average Bonchev–Trinajstić information content (AvgIpc) is 3.29. The van der Waals surface area contributed by atoms with E-state index in [4.69, 9.17) is 5.73 Å². The van der Waals surface area contributed by atoms with Gasteiger partial charge in [-0.1, -0.05) is 48.5 Å². The topological polar surface area (TPSA) is 96.5 Å². The van der Waals surface area contributed by atoms with Crippen LogP contribution in [0.5, 0.6) is 0 Å². The number of para-hydroxylation sites is 1. The maximum atomic E-state index is 13.1. The highest BCUT2D eigenvalue weighted by molar-refractivity contribution is 5.93. The predicted molar refractivity (Wildman–Crippen MR) is 131 cm³/mol. The number of rotatable bonds is 5. The zero-order chi connectivity index (χ0) is 22.5. The molecule has 0 radical (unpaired) electrons. The number of aromatic nitrogens is 2. The smallest absolute Gasteiger partial charge is 0.329 e. The van der Waals surface area contributed by atoms with E-state index in [1.165, 1.54) is 16.5 Å². The number of amides is 3. The number of carbonyl (C=O) groups excluding carboxylic acids is 2. The van der Waals surface area contributed by atoms with Gasteiger partial charge in [-0.05, 0) is 24.5 Å². The molecule has 3 aromatic rings. The second kappa shape index (κ2) is 11.0. The first-order valence-electron chi connectivity index (χ1n) is 10.7. The van der Waals surface area contributed by atoms with Gasteiger partial charge in [-0.25, -0.2) is 14.6 Å². The molecule has 2 heterocycles. The number of imidazole rings is 1. The maximum Gasteiger partial charge on any atom is 0.329 e. The first-order valence-corrected chi connectivity index (χ1v) is 10.7. The third kappa shape index (κ3) is 5.91. The molecule has 1 aromatic heterocycles. The number of benzene rings is 2. The molecule has 0 unspecified atom stereocenters. The van der Waals surface area contributed by atoms with Gasteiger partial charge in [0.15, 0.2) is 0 Å². The minimum Gasteiger partial charge on any atom is -0.351 e. The fraction of sp³-hybridized carbons (Fsp3) is 0.292. The van der Waals surface area contributed by atoms with E-state index < -0.39 is 6.03 Å². The van der Waals surface area contributed by atoms with Gasteiger partial charge in [0.1, 0.15) is 6.33 Å². The molecule has 33 heavy (non-hydrogen) atoms. The van der Waals surface area contributed by atoms with Crippen LogP contribution in [0.15, 0.2) is 67.1 Å². The van der Waals surface area contributed by atoms with Crippen molar-refractivity contribution in [3.8, 4) is 11.3 Å². The summed E-state index contributed by atoms with van der Waals surface area (Å²) < 4.78 is 1.49. The Bertz CT molecular complexity index is 1080. The number of likely N-dealkylation sites (tertiary alicyclic amines) is 1. The van der Waals surface area contributed by atoms with Gasteiger partial charge in [0, 0.05) is 44.5 Å². The van der Waals surface area contributed by atoms with Crippen molar-refractivity contribution in [3.05, 3.63) is 72.7 Å². The third-order valence-electron chi connectivity index (χ3n) is 5.92. The molecule has 0 aliphatic carbocycles. The Morgan fingerprint density at radius 3 is 2.45 bits per heavy atom. The standard InChI is InChI=1S/C24H28N6O2.ClH/c1-28(19-11-13-29(14-12-19)15-18-7-3-2-4-8-18)24(32)30-16-22(26-17-30)20-9-5-6-10-21(20)27-23(25)31;/h2-10,16-17,19H,11-15H2,1H3,(H3,25,27,31);1H. The molecule has 0 spiro atoms. The summed E-state index contributed by atoms with van der Waals surface area (Å²) >= 11 is 0. The predicted octanol–water partition coefficient (Wildman–Crippen LogP) is 4.03.